The summed E-state index contributed by atoms with van der Waals surface area (Å²) in [6.07, 6.45) is 11.2. The number of alkyl halides is 1. The lowest BCUT2D eigenvalue weighted by atomic mass is 9.93. The van der Waals surface area contributed by atoms with Crippen LogP contribution in [0.15, 0.2) is 23.8 Å². The number of methoxy groups -OCH3 is 1. The van der Waals surface area contributed by atoms with Gasteiger partial charge in [0.25, 0.3) is 0 Å². The Balaban J connectivity index is 1.57. The predicted octanol–water partition coefficient (Wildman–Crippen LogP) is 8.86. The summed E-state index contributed by atoms with van der Waals surface area (Å²) in [5.41, 5.74) is 1.16. The Bertz CT molecular complexity index is 1040. The molecule has 0 amide bonds. The standard InChI is InChI=1S/C33H53ClO6SSi/c1-23(40-42(6,7)33(2,3)4)12-10-13-24(35)17-19-27-26(15-11-14-25-18-20-30(41-25)32(36)37-5)28(34)22-29(27)39-31-16-8-9-21-38-31/h18-20,23,26,28-29,31H,8-17,21-22H2,1-7H3/t23-,26+,28+,29+,31?/m0/s1. The number of carbonyl (C=O) groups is 2. The van der Waals surface area contributed by atoms with E-state index in [2.05, 4.69) is 46.9 Å². The maximum absolute atomic E-state index is 13.0. The highest BCUT2D eigenvalue weighted by Gasteiger charge is 2.40. The summed E-state index contributed by atoms with van der Waals surface area (Å²) in [6, 6.07) is 3.83. The van der Waals surface area contributed by atoms with E-state index in [0.717, 1.165) is 74.8 Å². The number of halogens is 1. The van der Waals surface area contributed by atoms with Gasteiger partial charge in [0.2, 0.25) is 0 Å². The zero-order valence-electron chi connectivity index (χ0n) is 26.8. The van der Waals surface area contributed by atoms with Gasteiger partial charge in [0.05, 0.1) is 13.2 Å². The number of Topliss-reactive ketones (excluding diaryl/α,β-unsaturated/α-hetero) is 1. The first-order valence-corrected chi connectivity index (χ1v) is 19.9. The zero-order chi connectivity index (χ0) is 30.9. The smallest absolute Gasteiger partial charge is 0.348 e. The van der Waals surface area contributed by atoms with E-state index in [9.17, 15) is 9.59 Å². The maximum Gasteiger partial charge on any atom is 0.348 e. The molecule has 0 aromatic carbocycles. The number of esters is 1. The average molecular weight is 641 g/mol. The Kier molecular flexibility index (Phi) is 13.8. The van der Waals surface area contributed by atoms with Gasteiger partial charge in [-0.3, -0.25) is 4.79 Å². The second-order valence-corrected chi connectivity index (χ2v) is 19.9. The molecular formula is C33H53ClO6SSi. The maximum atomic E-state index is 13.0. The van der Waals surface area contributed by atoms with Crippen LogP contribution >= 0.6 is 22.9 Å². The first-order valence-electron chi connectivity index (χ1n) is 15.8. The van der Waals surface area contributed by atoms with E-state index >= 15 is 0 Å². The minimum atomic E-state index is -1.81. The number of thiophene rings is 1. The Labute approximate surface area is 264 Å². The molecule has 0 N–H and O–H groups in total. The fraction of sp³-hybridized carbons (Fsp3) is 0.758. The summed E-state index contributed by atoms with van der Waals surface area (Å²) in [7, 11) is -0.403. The quantitative estimate of drug-likeness (QED) is 0.0825. The van der Waals surface area contributed by atoms with Crippen molar-refractivity contribution in [2.45, 2.75) is 140 Å². The number of ketones is 1. The van der Waals surface area contributed by atoms with Crippen molar-refractivity contribution >= 4 is 43.0 Å². The van der Waals surface area contributed by atoms with Gasteiger partial charge in [-0.05, 0) is 106 Å². The van der Waals surface area contributed by atoms with E-state index in [0.29, 0.717) is 17.7 Å². The van der Waals surface area contributed by atoms with Crippen LogP contribution in [0.4, 0.5) is 0 Å². The molecule has 1 saturated heterocycles. The van der Waals surface area contributed by atoms with Crippen molar-refractivity contribution in [1.29, 1.82) is 0 Å². The molecule has 6 nitrogen and oxygen atoms in total. The van der Waals surface area contributed by atoms with Crippen molar-refractivity contribution in [3.8, 4) is 0 Å². The van der Waals surface area contributed by atoms with Gasteiger partial charge in [0.1, 0.15) is 10.7 Å². The molecule has 1 aromatic heterocycles. The number of hydrogen-bond donors (Lipinski definition) is 0. The molecule has 1 saturated carbocycles. The molecule has 1 unspecified atom stereocenters. The SMILES string of the molecule is COC(=O)c1ccc(CCC[C@@H]2C(=CCC(=O)CCC[C@H](C)O[Si](C)(C)C(C)(C)C)[C@H](OC3CCCCO3)C[C@H]2Cl)s1. The van der Waals surface area contributed by atoms with E-state index in [1.165, 1.54) is 18.4 Å². The summed E-state index contributed by atoms with van der Waals surface area (Å²) in [5.74, 6) is 0.117. The largest absolute Gasteiger partial charge is 0.465 e. The molecule has 3 rings (SSSR count). The van der Waals surface area contributed by atoms with E-state index in [-0.39, 0.29) is 46.6 Å². The third-order valence-corrected chi connectivity index (χ3v) is 15.3. The van der Waals surface area contributed by atoms with Crippen LogP contribution in [-0.2, 0) is 29.9 Å². The number of carbonyl (C=O) groups excluding carboxylic acids is 2. The zero-order valence-corrected chi connectivity index (χ0v) is 29.4. The highest BCUT2D eigenvalue weighted by Crippen LogP contribution is 2.42. The molecule has 238 valence electrons. The molecule has 1 aliphatic carbocycles. The van der Waals surface area contributed by atoms with Gasteiger partial charge in [-0.15, -0.1) is 22.9 Å². The first kappa shape index (κ1) is 35.4. The Morgan fingerprint density at radius 2 is 1.98 bits per heavy atom. The van der Waals surface area contributed by atoms with Crippen LogP contribution in [0.1, 0.15) is 106 Å². The Morgan fingerprint density at radius 3 is 2.64 bits per heavy atom. The third-order valence-electron chi connectivity index (χ3n) is 9.05. The molecule has 2 fully saturated rings. The first-order chi connectivity index (χ1) is 19.8. The molecule has 42 heavy (non-hydrogen) atoms. The number of aryl methyl sites for hydroxylation is 1. The van der Waals surface area contributed by atoms with Crippen LogP contribution in [-0.4, -0.2) is 57.7 Å². The molecule has 2 aliphatic rings. The normalized spacial score (nSPS) is 25.1. The van der Waals surface area contributed by atoms with Gasteiger partial charge >= 0.3 is 5.97 Å². The number of ether oxygens (including phenoxy) is 3. The van der Waals surface area contributed by atoms with Gasteiger partial charge in [-0.2, -0.15) is 0 Å². The van der Waals surface area contributed by atoms with Crippen LogP contribution in [0, 0.1) is 5.92 Å². The van der Waals surface area contributed by atoms with Crippen molar-refractivity contribution in [2.24, 2.45) is 5.92 Å². The lowest BCUT2D eigenvalue weighted by Crippen LogP contribution is -2.43. The van der Waals surface area contributed by atoms with Crippen molar-refractivity contribution in [3.63, 3.8) is 0 Å². The number of hydrogen-bond acceptors (Lipinski definition) is 7. The highest BCUT2D eigenvalue weighted by molar-refractivity contribution is 7.13. The van der Waals surface area contributed by atoms with Crippen LogP contribution < -0.4 is 0 Å². The molecule has 9 heteroatoms. The lowest BCUT2D eigenvalue weighted by Gasteiger charge is -2.38. The lowest BCUT2D eigenvalue weighted by molar-refractivity contribution is -0.179. The second kappa shape index (κ2) is 16.3. The van der Waals surface area contributed by atoms with Crippen molar-refractivity contribution in [1.82, 2.24) is 0 Å². The third kappa shape index (κ3) is 10.6. The van der Waals surface area contributed by atoms with Crippen LogP contribution in [0.5, 0.6) is 0 Å². The molecule has 5 atom stereocenters. The molecule has 0 spiro atoms. The molecule has 0 radical (unpaired) electrons. The summed E-state index contributed by atoms with van der Waals surface area (Å²) in [6.45, 7) is 14.2. The topological polar surface area (TPSA) is 71.1 Å². The molecule has 2 heterocycles. The predicted molar refractivity (Wildman–Crippen MR) is 174 cm³/mol. The Morgan fingerprint density at radius 1 is 1.21 bits per heavy atom. The Hall–Kier alpha value is -1.03. The summed E-state index contributed by atoms with van der Waals surface area (Å²) in [4.78, 5) is 26.6. The second-order valence-electron chi connectivity index (χ2n) is 13.5. The monoisotopic (exact) mass is 640 g/mol. The fourth-order valence-electron chi connectivity index (χ4n) is 5.60. The summed E-state index contributed by atoms with van der Waals surface area (Å²) in [5, 5.41) is 0.139. The minimum Gasteiger partial charge on any atom is -0.465 e. The van der Waals surface area contributed by atoms with Crippen LogP contribution in [0.3, 0.4) is 0 Å². The summed E-state index contributed by atoms with van der Waals surface area (Å²) < 4.78 is 23.6. The van der Waals surface area contributed by atoms with Gasteiger partial charge < -0.3 is 18.6 Å². The molecular weight excluding hydrogens is 588 g/mol. The van der Waals surface area contributed by atoms with Crippen molar-refractivity contribution in [3.05, 3.63) is 33.5 Å². The van der Waals surface area contributed by atoms with Gasteiger partial charge in [0, 0.05) is 35.8 Å². The van der Waals surface area contributed by atoms with E-state index in [1.54, 1.807) is 0 Å². The highest BCUT2D eigenvalue weighted by atomic mass is 35.5. The van der Waals surface area contributed by atoms with E-state index < -0.39 is 8.32 Å². The number of rotatable bonds is 15. The fourth-order valence-corrected chi connectivity index (χ4v) is 8.47. The molecule has 1 aromatic rings. The van der Waals surface area contributed by atoms with Crippen molar-refractivity contribution < 1.29 is 28.2 Å². The van der Waals surface area contributed by atoms with E-state index in [1.807, 2.05) is 12.1 Å². The van der Waals surface area contributed by atoms with Crippen LogP contribution in [0.2, 0.25) is 18.1 Å². The average Bonchev–Trinajstić information content (AvgIpc) is 3.51. The van der Waals surface area contributed by atoms with Gasteiger partial charge in [-0.1, -0.05) is 26.8 Å². The number of allylic oxidation sites excluding steroid dienone is 1. The molecule has 0 bridgehead atoms. The minimum absolute atomic E-state index is 0.0396. The van der Waals surface area contributed by atoms with Crippen molar-refractivity contribution in [2.75, 3.05) is 13.7 Å². The van der Waals surface area contributed by atoms with E-state index in [4.69, 9.17) is 30.2 Å². The summed E-state index contributed by atoms with van der Waals surface area (Å²) >= 11 is 8.42. The van der Waals surface area contributed by atoms with Gasteiger partial charge in [-0.25, -0.2) is 4.79 Å². The molecule has 1 aliphatic heterocycles. The van der Waals surface area contributed by atoms with Gasteiger partial charge in [0.15, 0.2) is 14.6 Å². The van der Waals surface area contributed by atoms with Crippen LogP contribution in [0.25, 0.3) is 0 Å².